The molecule has 1 unspecified atom stereocenters. The smallest absolute Gasteiger partial charge is 0.327 e. The zero-order valence-electron chi connectivity index (χ0n) is 17.4. The summed E-state index contributed by atoms with van der Waals surface area (Å²) in [5, 5.41) is 2.85. The molecule has 2 aliphatic heterocycles. The van der Waals surface area contributed by atoms with Crippen molar-refractivity contribution in [3.63, 3.8) is 0 Å². The summed E-state index contributed by atoms with van der Waals surface area (Å²) in [6.45, 7) is 4.58. The molecule has 8 heteroatoms. The van der Waals surface area contributed by atoms with Crippen molar-refractivity contribution in [2.75, 3.05) is 32.5 Å². The Kier molecular flexibility index (Phi) is 5.64. The molecule has 1 aromatic carbocycles. The number of nitrogens with zero attached hydrogens (tertiary/aromatic N) is 3. The Morgan fingerprint density at radius 3 is 2.38 bits per heavy atom. The standard InChI is InChI=1S/C21H28N4O4/c1-5-14(2)17(26)22-16-8-6-7-15(13-16)18(27)25-11-9-21(10-12-25)19(28)23(3)20(29)24(21)4/h6-8,13-14H,5,9-12H2,1-4H3,(H,22,26). The SMILES string of the molecule is CCC(C)C(=O)Nc1cccc(C(=O)N2CCC3(CC2)C(=O)N(C)C(=O)N3C)c1. The molecule has 2 heterocycles. The Balaban J connectivity index is 1.69. The van der Waals surface area contributed by atoms with Gasteiger partial charge in [-0.1, -0.05) is 19.9 Å². The zero-order chi connectivity index (χ0) is 21.3. The van der Waals surface area contributed by atoms with Crippen LogP contribution >= 0.6 is 0 Å². The van der Waals surface area contributed by atoms with Gasteiger partial charge in [-0.15, -0.1) is 0 Å². The van der Waals surface area contributed by atoms with Gasteiger partial charge in [0.2, 0.25) is 5.91 Å². The number of hydrogen-bond acceptors (Lipinski definition) is 4. The molecule has 2 fully saturated rings. The highest BCUT2D eigenvalue weighted by Gasteiger charge is 2.55. The van der Waals surface area contributed by atoms with Crippen LogP contribution in [0.1, 0.15) is 43.5 Å². The van der Waals surface area contributed by atoms with Crippen molar-refractivity contribution in [1.29, 1.82) is 0 Å². The molecular formula is C21H28N4O4. The van der Waals surface area contributed by atoms with Crippen molar-refractivity contribution < 1.29 is 19.2 Å². The average molecular weight is 400 g/mol. The van der Waals surface area contributed by atoms with Gasteiger partial charge in [-0.25, -0.2) is 4.79 Å². The van der Waals surface area contributed by atoms with Gasteiger partial charge in [0.1, 0.15) is 5.54 Å². The summed E-state index contributed by atoms with van der Waals surface area (Å²) < 4.78 is 0. The number of likely N-dealkylation sites (N-methyl/N-ethyl adjacent to an activating group) is 2. The summed E-state index contributed by atoms with van der Waals surface area (Å²) in [7, 11) is 3.14. The first kappa shape index (κ1) is 20.8. The molecule has 1 spiro atoms. The zero-order valence-corrected chi connectivity index (χ0v) is 17.4. The van der Waals surface area contributed by atoms with E-state index in [1.54, 1.807) is 36.2 Å². The fraction of sp³-hybridized carbons (Fsp3) is 0.524. The van der Waals surface area contributed by atoms with Gasteiger partial charge in [-0.05, 0) is 37.5 Å². The lowest BCUT2D eigenvalue weighted by molar-refractivity contribution is -0.134. The predicted octanol–water partition coefficient (Wildman–Crippen LogP) is 2.17. The normalized spacial score (nSPS) is 19.7. The predicted molar refractivity (Wildman–Crippen MR) is 108 cm³/mol. The van der Waals surface area contributed by atoms with Gasteiger partial charge >= 0.3 is 6.03 Å². The topological polar surface area (TPSA) is 90.0 Å². The quantitative estimate of drug-likeness (QED) is 0.785. The molecule has 1 N–H and O–H groups in total. The molecule has 2 aliphatic rings. The number of hydrogen-bond donors (Lipinski definition) is 1. The van der Waals surface area contributed by atoms with E-state index >= 15 is 0 Å². The largest absolute Gasteiger partial charge is 0.338 e. The van der Waals surface area contributed by atoms with E-state index in [0.29, 0.717) is 37.2 Å². The van der Waals surface area contributed by atoms with Crippen LogP contribution in [0.2, 0.25) is 0 Å². The maximum absolute atomic E-state index is 13.0. The number of carbonyl (C=O) groups excluding carboxylic acids is 4. The van der Waals surface area contributed by atoms with Crippen LogP contribution in [-0.4, -0.2) is 71.2 Å². The first-order chi connectivity index (χ1) is 13.7. The van der Waals surface area contributed by atoms with Crippen molar-refractivity contribution in [1.82, 2.24) is 14.7 Å². The monoisotopic (exact) mass is 400 g/mol. The fourth-order valence-electron chi connectivity index (χ4n) is 3.94. The molecule has 2 saturated heterocycles. The van der Waals surface area contributed by atoms with Crippen molar-refractivity contribution in [2.45, 2.75) is 38.6 Å². The number of likely N-dealkylation sites (tertiary alicyclic amines) is 1. The Morgan fingerprint density at radius 1 is 1.17 bits per heavy atom. The molecule has 29 heavy (non-hydrogen) atoms. The minimum atomic E-state index is -0.852. The van der Waals surface area contributed by atoms with Gasteiger partial charge in [0.15, 0.2) is 0 Å². The number of carbonyl (C=O) groups is 4. The second-order valence-electron chi connectivity index (χ2n) is 7.91. The highest BCUT2D eigenvalue weighted by atomic mass is 16.2. The van der Waals surface area contributed by atoms with Crippen LogP contribution in [0.25, 0.3) is 0 Å². The number of amides is 5. The van der Waals surface area contributed by atoms with E-state index in [4.69, 9.17) is 0 Å². The van der Waals surface area contributed by atoms with Crippen molar-refractivity contribution in [2.24, 2.45) is 5.92 Å². The van der Waals surface area contributed by atoms with Gasteiger partial charge in [0.25, 0.3) is 11.8 Å². The molecule has 0 aliphatic carbocycles. The van der Waals surface area contributed by atoms with E-state index in [1.807, 2.05) is 13.8 Å². The van der Waals surface area contributed by atoms with E-state index in [0.717, 1.165) is 11.3 Å². The molecule has 3 rings (SSSR count). The van der Waals surface area contributed by atoms with Gasteiger partial charge in [0, 0.05) is 44.4 Å². The minimum Gasteiger partial charge on any atom is -0.338 e. The number of benzene rings is 1. The number of piperidine rings is 1. The number of anilines is 1. The third-order valence-electron chi connectivity index (χ3n) is 6.23. The van der Waals surface area contributed by atoms with Crippen LogP contribution in [0.5, 0.6) is 0 Å². The molecule has 8 nitrogen and oxygen atoms in total. The van der Waals surface area contributed by atoms with Crippen LogP contribution < -0.4 is 5.32 Å². The lowest BCUT2D eigenvalue weighted by atomic mass is 9.86. The summed E-state index contributed by atoms with van der Waals surface area (Å²) in [4.78, 5) is 54.2. The highest BCUT2D eigenvalue weighted by Crippen LogP contribution is 2.35. The highest BCUT2D eigenvalue weighted by molar-refractivity contribution is 6.07. The number of urea groups is 1. The Bertz CT molecular complexity index is 845. The molecule has 0 saturated carbocycles. The summed E-state index contributed by atoms with van der Waals surface area (Å²) in [6.07, 6.45) is 1.56. The van der Waals surface area contributed by atoms with E-state index in [-0.39, 0.29) is 29.7 Å². The van der Waals surface area contributed by atoms with Crippen LogP contribution in [-0.2, 0) is 9.59 Å². The number of rotatable bonds is 4. The lowest BCUT2D eigenvalue weighted by Gasteiger charge is -2.40. The molecule has 0 bridgehead atoms. The van der Waals surface area contributed by atoms with Crippen molar-refractivity contribution in [3.8, 4) is 0 Å². The molecular weight excluding hydrogens is 372 g/mol. The molecule has 156 valence electrons. The van der Waals surface area contributed by atoms with E-state index in [1.165, 1.54) is 11.9 Å². The summed E-state index contributed by atoms with van der Waals surface area (Å²) in [5.41, 5.74) is 0.226. The molecule has 5 amide bonds. The van der Waals surface area contributed by atoms with Gasteiger partial charge < -0.3 is 15.1 Å². The first-order valence-corrected chi connectivity index (χ1v) is 9.97. The van der Waals surface area contributed by atoms with Crippen molar-refractivity contribution >= 4 is 29.4 Å². The fourth-order valence-corrected chi connectivity index (χ4v) is 3.94. The third-order valence-corrected chi connectivity index (χ3v) is 6.23. The van der Waals surface area contributed by atoms with Gasteiger partial charge in [0.05, 0.1) is 0 Å². The number of imide groups is 1. The number of nitrogens with one attached hydrogen (secondary N) is 1. The van der Waals surface area contributed by atoms with E-state index in [9.17, 15) is 19.2 Å². The van der Waals surface area contributed by atoms with E-state index < -0.39 is 5.54 Å². The minimum absolute atomic E-state index is 0.0754. The average Bonchev–Trinajstić information content (AvgIpc) is 2.89. The van der Waals surface area contributed by atoms with Gasteiger partial charge in [-0.2, -0.15) is 0 Å². The Labute approximate surface area is 170 Å². The van der Waals surface area contributed by atoms with Gasteiger partial charge in [-0.3, -0.25) is 19.3 Å². The van der Waals surface area contributed by atoms with Crippen LogP contribution in [0.3, 0.4) is 0 Å². The van der Waals surface area contributed by atoms with Crippen molar-refractivity contribution in [3.05, 3.63) is 29.8 Å². The molecule has 0 aromatic heterocycles. The molecule has 1 aromatic rings. The van der Waals surface area contributed by atoms with Crippen LogP contribution in [0.15, 0.2) is 24.3 Å². The summed E-state index contributed by atoms with van der Waals surface area (Å²) in [6, 6.07) is 6.59. The Hall–Kier alpha value is -2.90. The molecule has 0 radical (unpaired) electrons. The second-order valence-corrected chi connectivity index (χ2v) is 7.91. The van der Waals surface area contributed by atoms with Crippen LogP contribution in [0, 0.1) is 5.92 Å². The molecule has 1 atom stereocenters. The maximum atomic E-state index is 13.0. The van der Waals surface area contributed by atoms with Crippen LogP contribution in [0.4, 0.5) is 10.5 Å². The van der Waals surface area contributed by atoms with E-state index in [2.05, 4.69) is 5.32 Å². The summed E-state index contributed by atoms with van der Waals surface area (Å²) >= 11 is 0. The lowest BCUT2D eigenvalue weighted by Crippen LogP contribution is -2.56. The second kappa shape index (κ2) is 7.85. The Morgan fingerprint density at radius 2 is 1.83 bits per heavy atom. The maximum Gasteiger partial charge on any atom is 0.327 e. The third kappa shape index (κ3) is 3.59. The first-order valence-electron chi connectivity index (χ1n) is 9.97. The summed E-state index contributed by atoms with van der Waals surface area (Å²) in [5.74, 6) is -0.526.